The van der Waals surface area contributed by atoms with Gasteiger partial charge in [0.2, 0.25) is 0 Å². The van der Waals surface area contributed by atoms with Crippen LogP contribution in [-0.4, -0.2) is 18.2 Å². The van der Waals surface area contributed by atoms with E-state index in [0.29, 0.717) is 11.8 Å². The second kappa shape index (κ2) is 2.77. The molecule has 4 aliphatic carbocycles. The lowest BCUT2D eigenvalue weighted by Gasteiger charge is -2.51. The second-order valence-corrected chi connectivity index (χ2v) is 5.35. The zero-order valence-electron chi connectivity index (χ0n) is 8.95. The first-order valence-electron chi connectivity index (χ1n) is 5.64. The molecule has 0 aromatic heterocycles. The van der Waals surface area contributed by atoms with Crippen molar-refractivity contribution in [3.8, 4) is 0 Å². The van der Waals surface area contributed by atoms with Gasteiger partial charge in [-0.25, -0.2) is 0 Å². The molecule has 0 spiro atoms. The lowest BCUT2D eigenvalue weighted by atomic mass is 9.53. The van der Waals surface area contributed by atoms with E-state index in [0.717, 1.165) is 37.9 Å². The standard InChI is InChI=1S/C12H16O3/c1-15-10-8-2-7-3-9(10)6-12(4-7,5-8)11(13)14/h7-8H,2-6H2,1H3,(H,13,14)/t7-,8-,12-/m0/s1. The molecule has 2 saturated carbocycles. The van der Waals surface area contributed by atoms with Crippen molar-refractivity contribution in [1.29, 1.82) is 0 Å². The van der Waals surface area contributed by atoms with Crippen LogP contribution in [-0.2, 0) is 9.53 Å². The minimum absolute atomic E-state index is 0.391. The van der Waals surface area contributed by atoms with Crippen molar-refractivity contribution >= 4 is 5.97 Å². The third-order valence-corrected chi connectivity index (χ3v) is 4.41. The molecule has 0 aliphatic heterocycles. The number of carboxylic acid groups (broad SMARTS) is 1. The van der Waals surface area contributed by atoms with Crippen molar-refractivity contribution < 1.29 is 14.6 Å². The van der Waals surface area contributed by atoms with E-state index in [1.165, 1.54) is 5.57 Å². The first-order valence-corrected chi connectivity index (χ1v) is 5.64. The minimum atomic E-state index is -0.593. The summed E-state index contributed by atoms with van der Waals surface area (Å²) in [7, 11) is 1.72. The van der Waals surface area contributed by atoms with Crippen molar-refractivity contribution in [1.82, 2.24) is 0 Å². The Kier molecular flexibility index (Phi) is 1.71. The van der Waals surface area contributed by atoms with Gasteiger partial charge in [-0.05, 0) is 43.6 Å². The van der Waals surface area contributed by atoms with Crippen molar-refractivity contribution in [3.05, 3.63) is 11.3 Å². The number of allylic oxidation sites excluding steroid dienone is 2. The number of hydrogen-bond acceptors (Lipinski definition) is 2. The van der Waals surface area contributed by atoms with Gasteiger partial charge in [-0.1, -0.05) is 0 Å². The maximum atomic E-state index is 11.4. The zero-order valence-corrected chi connectivity index (χ0v) is 8.95. The Labute approximate surface area is 89.1 Å². The summed E-state index contributed by atoms with van der Waals surface area (Å²) in [5.41, 5.74) is 0.849. The summed E-state index contributed by atoms with van der Waals surface area (Å²) >= 11 is 0. The number of carbonyl (C=O) groups is 1. The third kappa shape index (κ3) is 1.09. The highest BCUT2D eigenvalue weighted by molar-refractivity contribution is 5.76. The lowest BCUT2D eigenvalue weighted by molar-refractivity contribution is -0.156. The molecule has 4 bridgehead atoms. The molecule has 15 heavy (non-hydrogen) atoms. The summed E-state index contributed by atoms with van der Waals surface area (Å²) in [6.45, 7) is 0. The highest BCUT2D eigenvalue weighted by atomic mass is 16.5. The van der Waals surface area contributed by atoms with Crippen LogP contribution in [0.2, 0.25) is 0 Å². The summed E-state index contributed by atoms with van der Waals surface area (Å²) in [5.74, 6) is 1.51. The van der Waals surface area contributed by atoms with Gasteiger partial charge in [0.15, 0.2) is 0 Å². The van der Waals surface area contributed by atoms with Crippen LogP contribution in [0, 0.1) is 17.3 Å². The Morgan fingerprint density at radius 3 is 2.93 bits per heavy atom. The third-order valence-electron chi connectivity index (χ3n) is 4.41. The Balaban J connectivity index is 2.04. The van der Waals surface area contributed by atoms with Gasteiger partial charge >= 0.3 is 5.97 Å². The van der Waals surface area contributed by atoms with Gasteiger partial charge in [0.25, 0.3) is 0 Å². The van der Waals surface area contributed by atoms with Crippen molar-refractivity contribution in [2.45, 2.75) is 32.1 Å². The first kappa shape index (κ1) is 9.25. The molecule has 3 nitrogen and oxygen atoms in total. The average Bonchev–Trinajstić information content (AvgIpc) is 2.16. The maximum Gasteiger partial charge on any atom is 0.309 e. The summed E-state index contributed by atoms with van der Waals surface area (Å²) in [6.07, 6.45) is 4.64. The number of methoxy groups -OCH3 is 1. The predicted octanol–water partition coefficient (Wildman–Crippen LogP) is 2.18. The Morgan fingerprint density at radius 2 is 2.33 bits per heavy atom. The molecule has 0 unspecified atom stereocenters. The number of ether oxygens (including phenoxy) is 1. The normalized spacial score (nSPS) is 42.2. The van der Waals surface area contributed by atoms with Crippen LogP contribution in [0.1, 0.15) is 32.1 Å². The van der Waals surface area contributed by atoms with Crippen LogP contribution in [0.25, 0.3) is 0 Å². The smallest absolute Gasteiger partial charge is 0.309 e. The van der Waals surface area contributed by atoms with E-state index in [2.05, 4.69) is 0 Å². The Morgan fingerprint density at radius 1 is 1.53 bits per heavy atom. The monoisotopic (exact) mass is 208 g/mol. The molecule has 0 saturated heterocycles. The molecule has 0 heterocycles. The molecule has 3 heteroatoms. The van der Waals surface area contributed by atoms with Gasteiger partial charge in [0, 0.05) is 5.92 Å². The van der Waals surface area contributed by atoms with Crippen molar-refractivity contribution in [2.75, 3.05) is 7.11 Å². The van der Waals surface area contributed by atoms with E-state index < -0.39 is 11.4 Å². The van der Waals surface area contributed by atoms with Gasteiger partial charge in [0.05, 0.1) is 18.3 Å². The van der Waals surface area contributed by atoms with Crippen LogP contribution in [0.15, 0.2) is 11.3 Å². The molecular formula is C12H16O3. The van der Waals surface area contributed by atoms with Crippen molar-refractivity contribution in [3.63, 3.8) is 0 Å². The topological polar surface area (TPSA) is 46.5 Å². The zero-order chi connectivity index (χ0) is 10.6. The predicted molar refractivity (Wildman–Crippen MR) is 54.2 cm³/mol. The lowest BCUT2D eigenvalue weighted by Crippen LogP contribution is -2.47. The van der Waals surface area contributed by atoms with Crippen LogP contribution in [0.3, 0.4) is 0 Å². The minimum Gasteiger partial charge on any atom is -0.501 e. The van der Waals surface area contributed by atoms with Crippen LogP contribution >= 0.6 is 0 Å². The molecule has 0 aromatic rings. The maximum absolute atomic E-state index is 11.4. The largest absolute Gasteiger partial charge is 0.501 e. The quantitative estimate of drug-likeness (QED) is 0.756. The molecule has 4 rings (SSSR count). The van der Waals surface area contributed by atoms with Crippen LogP contribution < -0.4 is 0 Å². The molecule has 0 amide bonds. The molecule has 1 N–H and O–H groups in total. The van der Waals surface area contributed by atoms with Gasteiger partial charge in [0.1, 0.15) is 0 Å². The first-order chi connectivity index (χ1) is 7.14. The highest BCUT2D eigenvalue weighted by Gasteiger charge is 2.55. The van der Waals surface area contributed by atoms with Gasteiger partial charge in [-0.2, -0.15) is 0 Å². The molecule has 2 fully saturated rings. The SMILES string of the molecule is COC1=C2C[C@@H]3C[C@H]1C[C@](C(=O)O)(C2)C3. The molecule has 3 atom stereocenters. The van der Waals surface area contributed by atoms with Gasteiger partial charge < -0.3 is 9.84 Å². The van der Waals surface area contributed by atoms with Crippen molar-refractivity contribution in [2.24, 2.45) is 17.3 Å². The van der Waals surface area contributed by atoms with E-state index in [9.17, 15) is 9.90 Å². The number of hydrogen-bond donors (Lipinski definition) is 1. The summed E-state index contributed by atoms with van der Waals surface area (Å²) < 4.78 is 5.44. The molecule has 0 aromatic carbocycles. The fourth-order valence-electron chi connectivity index (χ4n) is 4.04. The number of rotatable bonds is 2. The number of aliphatic carboxylic acids is 1. The van der Waals surface area contributed by atoms with E-state index in [4.69, 9.17) is 4.74 Å². The summed E-state index contributed by atoms with van der Waals surface area (Å²) in [5, 5.41) is 9.37. The van der Waals surface area contributed by atoms with Gasteiger partial charge in [-0.3, -0.25) is 4.79 Å². The van der Waals surface area contributed by atoms with E-state index >= 15 is 0 Å². The van der Waals surface area contributed by atoms with E-state index in [-0.39, 0.29) is 0 Å². The summed E-state index contributed by atoms with van der Waals surface area (Å²) in [6, 6.07) is 0. The van der Waals surface area contributed by atoms with E-state index in [1.807, 2.05) is 0 Å². The molecule has 82 valence electrons. The van der Waals surface area contributed by atoms with E-state index in [1.54, 1.807) is 7.11 Å². The average molecular weight is 208 g/mol. The Hall–Kier alpha value is -0.990. The van der Waals surface area contributed by atoms with Gasteiger partial charge in [-0.15, -0.1) is 0 Å². The van der Waals surface area contributed by atoms with Crippen LogP contribution in [0.4, 0.5) is 0 Å². The highest BCUT2D eigenvalue weighted by Crippen LogP contribution is 2.59. The Bertz CT molecular complexity index is 358. The summed E-state index contributed by atoms with van der Waals surface area (Å²) in [4.78, 5) is 11.4. The fraction of sp³-hybridized carbons (Fsp3) is 0.750. The molecule has 0 radical (unpaired) electrons. The number of carboxylic acids is 1. The second-order valence-electron chi connectivity index (χ2n) is 5.35. The van der Waals surface area contributed by atoms with Crippen LogP contribution in [0.5, 0.6) is 0 Å². The molecule has 4 aliphatic rings. The fourth-order valence-corrected chi connectivity index (χ4v) is 4.04. The molecular weight excluding hydrogens is 192 g/mol.